The first-order valence-corrected chi connectivity index (χ1v) is 4.40. The number of ether oxygens (including phenoxy) is 2. The summed E-state index contributed by atoms with van der Waals surface area (Å²) < 4.78 is 11.4. The van der Waals surface area contributed by atoms with E-state index in [1.165, 1.54) is 16.8 Å². The molecule has 0 unspecified atom stereocenters. The maximum Gasteiger partial charge on any atom is 0.330 e. The molecule has 0 saturated carbocycles. The molecule has 0 spiro atoms. The first kappa shape index (κ1) is 10.1. The minimum Gasteiger partial charge on any atom is -0.391 e. The smallest absolute Gasteiger partial charge is 0.330 e. The Kier molecular flexibility index (Phi) is 2.67. The number of aliphatic hydroxyl groups is 1. The highest BCUT2D eigenvalue weighted by Gasteiger charge is 2.27. The van der Waals surface area contributed by atoms with Crippen molar-refractivity contribution in [2.75, 3.05) is 13.2 Å². The number of hydrogen-bond donors (Lipinski definition) is 2. The number of aliphatic hydroxyl groups excluding tert-OH is 1. The van der Waals surface area contributed by atoms with Crippen molar-refractivity contribution >= 4 is 0 Å². The molecule has 1 aliphatic heterocycles. The summed E-state index contributed by atoms with van der Waals surface area (Å²) in [5.41, 5.74) is -1.02. The Morgan fingerprint density at radius 2 is 2.40 bits per heavy atom. The number of nitrogens with zero attached hydrogens (tertiary/aromatic N) is 1. The summed E-state index contributed by atoms with van der Waals surface area (Å²) in [7, 11) is 0. The molecule has 15 heavy (non-hydrogen) atoms. The fourth-order valence-corrected chi connectivity index (χ4v) is 1.34. The third-order valence-electron chi connectivity index (χ3n) is 2.04. The summed E-state index contributed by atoms with van der Waals surface area (Å²) in [5, 5.41) is 8.75. The summed E-state index contributed by atoms with van der Waals surface area (Å²) in [6.45, 7) is -0.105. The average Bonchev–Trinajstić information content (AvgIpc) is 2.66. The Balaban J connectivity index is 2.24. The molecule has 2 heterocycles. The molecule has 0 aliphatic carbocycles. The molecule has 0 bridgehead atoms. The lowest BCUT2D eigenvalue weighted by atomic mass is 10.5. The van der Waals surface area contributed by atoms with Crippen LogP contribution in [0.25, 0.3) is 0 Å². The van der Waals surface area contributed by atoms with Crippen molar-refractivity contribution in [2.24, 2.45) is 0 Å². The van der Waals surface area contributed by atoms with Crippen molar-refractivity contribution in [2.45, 2.75) is 12.5 Å². The molecule has 1 saturated heterocycles. The summed E-state index contributed by atoms with van der Waals surface area (Å²) >= 11 is 0. The number of aromatic amines is 1. The van der Waals surface area contributed by atoms with Gasteiger partial charge in [0.25, 0.3) is 5.56 Å². The van der Waals surface area contributed by atoms with Crippen molar-refractivity contribution in [1.82, 2.24) is 9.55 Å². The summed E-state index contributed by atoms with van der Waals surface area (Å²) in [4.78, 5) is 24.2. The van der Waals surface area contributed by atoms with Crippen LogP contribution in [-0.4, -0.2) is 34.2 Å². The molecule has 1 aromatic rings. The Labute approximate surface area is 83.9 Å². The summed E-state index contributed by atoms with van der Waals surface area (Å²) in [5.74, 6) is 0. The van der Waals surface area contributed by atoms with Crippen LogP contribution in [0.2, 0.25) is 0 Å². The molecule has 1 fully saturated rings. The van der Waals surface area contributed by atoms with Crippen LogP contribution in [0.3, 0.4) is 0 Å². The van der Waals surface area contributed by atoms with Crippen LogP contribution in [0.1, 0.15) is 6.23 Å². The van der Waals surface area contributed by atoms with E-state index in [0.717, 1.165) is 0 Å². The quantitative estimate of drug-likeness (QED) is 0.618. The van der Waals surface area contributed by atoms with Crippen molar-refractivity contribution < 1.29 is 14.6 Å². The largest absolute Gasteiger partial charge is 0.391 e. The Morgan fingerprint density at radius 3 is 3.00 bits per heavy atom. The van der Waals surface area contributed by atoms with E-state index in [1.807, 2.05) is 0 Å². The van der Waals surface area contributed by atoms with Gasteiger partial charge in [-0.2, -0.15) is 0 Å². The molecule has 1 aliphatic rings. The fraction of sp³-hybridized carbons (Fsp3) is 0.500. The maximum absolute atomic E-state index is 11.3. The van der Waals surface area contributed by atoms with E-state index in [1.54, 1.807) is 0 Å². The van der Waals surface area contributed by atoms with Gasteiger partial charge >= 0.3 is 5.69 Å². The second kappa shape index (κ2) is 3.97. The first-order chi connectivity index (χ1) is 7.20. The normalized spacial score (nSPS) is 25.7. The van der Waals surface area contributed by atoms with Gasteiger partial charge in [-0.1, -0.05) is 0 Å². The molecular weight excluding hydrogens is 204 g/mol. The molecule has 82 valence electrons. The van der Waals surface area contributed by atoms with Gasteiger partial charge in [0, 0.05) is 12.3 Å². The molecule has 1 aromatic heterocycles. The van der Waals surface area contributed by atoms with Crippen LogP contribution in [-0.2, 0) is 9.47 Å². The van der Waals surface area contributed by atoms with E-state index in [-0.39, 0.29) is 13.2 Å². The number of hydrogen-bond acceptors (Lipinski definition) is 5. The van der Waals surface area contributed by atoms with Crippen LogP contribution in [0.5, 0.6) is 0 Å². The number of rotatable bonds is 2. The Bertz CT molecular complexity index is 451. The van der Waals surface area contributed by atoms with E-state index < -0.39 is 23.8 Å². The molecular formula is C8H10N2O5. The predicted molar refractivity (Wildman–Crippen MR) is 48.3 cm³/mol. The summed E-state index contributed by atoms with van der Waals surface area (Å²) in [6.07, 6.45) is 0.00918. The Morgan fingerprint density at radius 1 is 1.60 bits per heavy atom. The van der Waals surface area contributed by atoms with E-state index in [4.69, 9.17) is 14.6 Å². The molecule has 2 atom stereocenters. The lowest BCUT2D eigenvalue weighted by Crippen LogP contribution is -2.32. The molecule has 2 N–H and O–H groups in total. The van der Waals surface area contributed by atoms with Crippen molar-refractivity contribution in [1.29, 1.82) is 0 Å². The topological polar surface area (TPSA) is 93.5 Å². The van der Waals surface area contributed by atoms with Gasteiger partial charge in [0.05, 0.1) is 13.2 Å². The van der Waals surface area contributed by atoms with Crippen molar-refractivity contribution in [3.8, 4) is 0 Å². The van der Waals surface area contributed by atoms with Gasteiger partial charge in [0.15, 0.2) is 12.5 Å². The van der Waals surface area contributed by atoms with E-state index in [2.05, 4.69) is 4.98 Å². The second-order valence-electron chi connectivity index (χ2n) is 3.05. The van der Waals surface area contributed by atoms with Crippen LogP contribution in [0.4, 0.5) is 0 Å². The van der Waals surface area contributed by atoms with Gasteiger partial charge in [-0.3, -0.25) is 14.3 Å². The molecule has 7 heteroatoms. The van der Waals surface area contributed by atoms with Crippen LogP contribution >= 0.6 is 0 Å². The predicted octanol–water partition coefficient (Wildman–Crippen LogP) is -1.60. The third-order valence-corrected chi connectivity index (χ3v) is 2.04. The van der Waals surface area contributed by atoms with E-state index in [9.17, 15) is 9.59 Å². The number of aromatic nitrogens is 2. The van der Waals surface area contributed by atoms with Gasteiger partial charge in [-0.05, 0) is 0 Å². The lowest BCUT2D eigenvalue weighted by Gasteiger charge is -2.11. The molecule has 7 nitrogen and oxygen atoms in total. The van der Waals surface area contributed by atoms with Crippen LogP contribution < -0.4 is 11.2 Å². The molecule has 0 aromatic carbocycles. The Hall–Kier alpha value is -1.44. The van der Waals surface area contributed by atoms with Crippen molar-refractivity contribution in [3.63, 3.8) is 0 Å². The van der Waals surface area contributed by atoms with Crippen LogP contribution in [0.15, 0.2) is 21.9 Å². The highest BCUT2D eigenvalue weighted by molar-refractivity contribution is 4.84. The maximum atomic E-state index is 11.3. The van der Waals surface area contributed by atoms with Gasteiger partial charge in [-0.25, -0.2) is 4.79 Å². The van der Waals surface area contributed by atoms with E-state index >= 15 is 0 Å². The van der Waals surface area contributed by atoms with Gasteiger partial charge in [0.2, 0.25) is 0 Å². The highest BCUT2D eigenvalue weighted by atomic mass is 16.7. The van der Waals surface area contributed by atoms with Gasteiger partial charge < -0.3 is 14.6 Å². The molecule has 2 rings (SSSR count). The number of H-pyrrole nitrogens is 1. The van der Waals surface area contributed by atoms with E-state index in [0.29, 0.717) is 0 Å². The zero-order valence-corrected chi connectivity index (χ0v) is 7.75. The SMILES string of the molecule is O=c1ccn([C@H]2CO[C@@H](CO)O2)c(=O)[nH]1. The van der Waals surface area contributed by atoms with Crippen LogP contribution in [0, 0.1) is 0 Å². The summed E-state index contributed by atoms with van der Waals surface area (Å²) in [6, 6.07) is 1.22. The zero-order valence-electron chi connectivity index (χ0n) is 7.75. The highest BCUT2D eigenvalue weighted by Crippen LogP contribution is 2.18. The molecule has 0 radical (unpaired) electrons. The number of nitrogens with one attached hydrogen (secondary N) is 1. The monoisotopic (exact) mass is 214 g/mol. The van der Waals surface area contributed by atoms with Gasteiger partial charge in [-0.15, -0.1) is 0 Å². The minimum atomic E-state index is -0.714. The zero-order chi connectivity index (χ0) is 10.8. The third kappa shape index (κ3) is 1.99. The van der Waals surface area contributed by atoms with Gasteiger partial charge in [0.1, 0.15) is 0 Å². The standard InChI is InChI=1S/C8H10N2O5/c11-3-7-14-4-6(15-7)10-2-1-5(12)9-8(10)13/h1-2,6-7,11H,3-4H2,(H,9,12,13)/t6-,7-/m1/s1. The lowest BCUT2D eigenvalue weighted by molar-refractivity contribution is -0.0992. The first-order valence-electron chi connectivity index (χ1n) is 4.40. The fourth-order valence-electron chi connectivity index (χ4n) is 1.34. The second-order valence-corrected chi connectivity index (χ2v) is 3.05. The van der Waals surface area contributed by atoms with Crippen molar-refractivity contribution in [3.05, 3.63) is 33.1 Å². The molecule has 0 amide bonds. The average molecular weight is 214 g/mol. The minimum absolute atomic E-state index is 0.164.